The summed E-state index contributed by atoms with van der Waals surface area (Å²) in [7, 11) is 0.999. The molecule has 0 bridgehead atoms. The summed E-state index contributed by atoms with van der Waals surface area (Å²) in [5.74, 6) is 0. The number of nitrogens with zero attached hydrogens (tertiary/aromatic N) is 1. The molecule has 3 heteroatoms. The second-order valence-electron chi connectivity index (χ2n) is 2.17. The van der Waals surface area contributed by atoms with Crippen molar-refractivity contribution >= 4 is 12.7 Å². The van der Waals surface area contributed by atoms with Gasteiger partial charge >= 0.3 is 0 Å². The molecule has 0 unspecified atom stereocenters. The third kappa shape index (κ3) is 1.58. The maximum Gasteiger partial charge on any atom is 0.156 e. The zero-order valence-electron chi connectivity index (χ0n) is 6.04. The zero-order chi connectivity index (χ0) is 7.40. The molecule has 0 aliphatic rings. The lowest BCUT2D eigenvalue weighted by Crippen LogP contribution is -2.11. The molecule has 2 nitrogen and oxygen atoms in total. The Kier molecular flexibility index (Phi) is 2.45. The van der Waals surface area contributed by atoms with Crippen molar-refractivity contribution in [3.63, 3.8) is 0 Å². The van der Waals surface area contributed by atoms with Gasteiger partial charge in [-0.1, -0.05) is 18.4 Å². The first kappa shape index (κ1) is 7.28. The van der Waals surface area contributed by atoms with Crippen LogP contribution in [0.25, 0.3) is 0 Å². The molecule has 0 saturated carbocycles. The van der Waals surface area contributed by atoms with Crippen LogP contribution in [0, 0.1) is 0 Å². The molecule has 0 saturated heterocycles. The summed E-state index contributed by atoms with van der Waals surface area (Å²) < 4.78 is 0. The van der Waals surface area contributed by atoms with E-state index in [0.717, 1.165) is 13.0 Å². The van der Waals surface area contributed by atoms with E-state index in [-0.39, 0.29) is 6.61 Å². The van der Waals surface area contributed by atoms with Crippen molar-refractivity contribution in [2.45, 2.75) is 13.4 Å². The molecule has 1 rings (SSSR count). The molecule has 0 aromatic carbocycles. The summed E-state index contributed by atoms with van der Waals surface area (Å²) in [6.45, 7) is 2.11. The smallest absolute Gasteiger partial charge is 0.156 e. The van der Waals surface area contributed by atoms with Gasteiger partial charge in [-0.15, -0.1) is 0 Å². The van der Waals surface area contributed by atoms with E-state index in [2.05, 4.69) is 11.8 Å². The van der Waals surface area contributed by atoms with Gasteiger partial charge in [0.2, 0.25) is 0 Å². The second kappa shape index (κ2) is 3.37. The predicted octanol–water partition coefficient (Wildman–Crippen LogP) is -0.316. The van der Waals surface area contributed by atoms with Gasteiger partial charge in [-0.2, -0.15) is 0 Å². The third-order valence-electron chi connectivity index (χ3n) is 1.46. The third-order valence-corrected chi connectivity index (χ3v) is 1.46. The Morgan fingerprint density at radius 3 is 2.80 bits per heavy atom. The highest BCUT2D eigenvalue weighted by atomic mass is 16.3. The van der Waals surface area contributed by atoms with Gasteiger partial charge in [-0.25, -0.2) is 0 Å². The van der Waals surface area contributed by atoms with Crippen LogP contribution in [0.3, 0.4) is 0 Å². The standard InChI is InChI=1S/C7H10BNO/c1-8-6-2-3-7(5-10)9-4-6/h2-4,8,10H,5H2,1H3. The number of aliphatic hydroxyl groups is 1. The quantitative estimate of drug-likeness (QED) is 0.564. The lowest BCUT2D eigenvalue weighted by atomic mass is 9.74. The van der Waals surface area contributed by atoms with Crippen LogP contribution in [0.4, 0.5) is 0 Å². The van der Waals surface area contributed by atoms with Crippen molar-refractivity contribution in [3.8, 4) is 0 Å². The SMILES string of the molecule is CBc1ccc(CO)nc1. The number of rotatable bonds is 2. The van der Waals surface area contributed by atoms with Gasteiger partial charge in [-0.05, 0) is 6.07 Å². The highest BCUT2D eigenvalue weighted by Gasteiger charge is 1.91. The summed E-state index contributed by atoms with van der Waals surface area (Å²) in [6, 6.07) is 3.83. The molecular weight excluding hydrogens is 125 g/mol. The van der Waals surface area contributed by atoms with E-state index >= 15 is 0 Å². The van der Waals surface area contributed by atoms with Crippen molar-refractivity contribution in [2.24, 2.45) is 0 Å². The van der Waals surface area contributed by atoms with Crippen LogP contribution in [0.2, 0.25) is 6.82 Å². The van der Waals surface area contributed by atoms with Gasteiger partial charge in [0.25, 0.3) is 0 Å². The Labute approximate surface area is 61.2 Å². The number of pyridine rings is 1. The van der Waals surface area contributed by atoms with Gasteiger partial charge in [-0.3, -0.25) is 4.98 Å². The van der Waals surface area contributed by atoms with Crippen molar-refractivity contribution in [2.75, 3.05) is 0 Å². The fraction of sp³-hybridized carbons (Fsp3) is 0.286. The van der Waals surface area contributed by atoms with E-state index < -0.39 is 0 Å². The average Bonchev–Trinajstić information content (AvgIpc) is 2.05. The van der Waals surface area contributed by atoms with Gasteiger partial charge in [0.1, 0.15) is 0 Å². The fourth-order valence-electron chi connectivity index (χ4n) is 0.758. The van der Waals surface area contributed by atoms with Gasteiger partial charge < -0.3 is 5.11 Å². The summed E-state index contributed by atoms with van der Waals surface area (Å²) >= 11 is 0. The lowest BCUT2D eigenvalue weighted by Gasteiger charge is -1.95. The van der Waals surface area contributed by atoms with Crippen LogP contribution in [0.15, 0.2) is 18.3 Å². The van der Waals surface area contributed by atoms with Crippen molar-refractivity contribution in [3.05, 3.63) is 24.0 Å². The number of hydrogen-bond acceptors (Lipinski definition) is 2. The topological polar surface area (TPSA) is 33.1 Å². The van der Waals surface area contributed by atoms with E-state index in [1.165, 1.54) is 5.46 Å². The summed E-state index contributed by atoms with van der Waals surface area (Å²) in [5, 5.41) is 8.64. The molecular formula is C7H10BNO. The highest BCUT2D eigenvalue weighted by molar-refractivity contribution is 6.51. The molecule has 0 fully saturated rings. The first-order valence-electron chi connectivity index (χ1n) is 3.41. The molecule has 1 N–H and O–H groups in total. The molecule has 0 amide bonds. The minimum atomic E-state index is 0.0317. The lowest BCUT2D eigenvalue weighted by molar-refractivity contribution is 0.277. The van der Waals surface area contributed by atoms with Gasteiger partial charge in [0.05, 0.1) is 12.3 Å². The molecule has 0 aliphatic carbocycles. The Bertz CT molecular complexity index is 174. The summed E-state index contributed by atoms with van der Waals surface area (Å²) in [6.07, 6.45) is 1.80. The molecule has 0 radical (unpaired) electrons. The van der Waals surface area contributed by atoms with Crippen molar-refractivity contribution in [1.82, 2.24) is 4.98 Å². The summed E-state index contributed by atoms with van der Waals surface area (Å²) in [5.41, 5.74) is 1.94. The first-order chi connectivity index (χ1) is 4.86. The molecule has 0 aliphatic heterocycles. The van der Waals surface area contributed by atoms with E-state index in [1.54, 1.807) is 6.20 Å². The Hall–Kier alpha value is -0.825. The fourth-order valence-corrected chi connectivity index (χ4v) is 0.758. The molecule has 0 spiro atoms. The second-order valence-corrected chi connectivity index (χ2v) is 2.17. The van der Waals surface area contributed by atoms with Crippen LogP contribution in [0.5, 0.6) is 0 Å². The average molecular weight is 135 g/mol. The van der Waals surface area contributed by atoms with E-state index in [4.69, 9.17) is 5.11 Å². The Morgan fingerprint density at radius 1 is 1.60 bits per heavy atom. The highest BCUT2D eigenvalue weighted by Crippen LogP contribution is 1.89. The minimum absolute atomic E-state index is 0.0317. The van der Waals surface area contributed by atoms with E-state index in [0.29, 0.717) is 0 Å². The van der Waals surface area contributed by atoms with Crippen molar-refractivity contribution < 1.29 is 5.11 Å². The molecule has 1 heterocycles. The van der Waals surface area contributed by atoms with Crippen LogP contribution in [-0.4, -0.2) is 17.4 Å². The number of aliphatic hydroxyl groups excluding tert-OH is 1. The summed E-state index contributed by atoms with van der Waals surface area (Å²) in [4.78, 5) is 4.02. The monoisotopic (exact) mass is 135 g/mol. The van der Waals surface area contributed by atoms with Crippen LogP contribution < -0.4 is 5.46 Å². The van der Waals surface area contributed by atoms with Crippen LogP contribution in [-0.2, 0) is 6.61 Å². The first-order valence-corrected chi connectivity index (χ1v) is 3.41. The normalized spacial score (nSPS) is 9.40. The zero-order valence-corrected chi connectivity index (χ0v) is 6.04. The molecule has 52 valence electrons. The number of hydrogen-bond donors (Lipinski definition) is 1. The largest absolute Gasteiger partial charge is 0.390 e. The molecule has 1 aromatic rings. The van der Waals surface area contributed by atoms with Crippen LogP contribution in [0.1, 0.15) is 5.69 Å². The minimum Gasteiger partial charge on any atom is -0.390 e. The Morgan fingerprint density at radius 2 is 2.40 bits per heavy atom. The van der Waals surface area contributed by atoms with E-state index in [9.17, 15) is 0 Å². The molecule has 1 aromatic heterocycles. The van der Waals surface area contributed by atoms with Crippen molar-refractivity contribution in [1.29, 1.82) is 0 Å². The van der Waals surface area contributed by atoms with Crippen LogP contribution >= 0.6 is 0 Å². The maximum absolute atomic E-state index is 8.64. The molecule has 0 atom stereocenters. The van der Waals surface area contributed by atoms with Gasteiger partial charge in [0, 0.05) is 6.20 Å². The van der Waals surface area contributed by atoms with E-state index in [1.807, 2.05) is 12.1 Å². The Balaban J connectivity index is 2.80. The number of aromatic nitrogens is 1. The predicted molar refractivity (Wildman–Crippen MR) is 42.8 cm³/mol. The molecule has 10 heavy (non-hydrogen) atoms. The maximum atomic E-state index is 8.64. The van der Waals surface area contributed by atoms with Gasteiger partial charge in [0.15, 0.2) is 7.28 Å².